The largest absolute Gasteiger partial charge is 0.493 e. The predicted octanol–water partition coefficient (Wildman–Crippen LogP) is 12.4. The summed E-state index contributed by atoms with van der Waals surface area (Å²) in [5.74, 6) is 1.61. The molecule has 10 aromatic carbocycles. The van der Waals surface area contributed by atoms with Crippen molar-refractivity contribution in [2.75, 3.05) is 13.2 Å². The molecule has 0 unspecified atom stereocenters. The first-order chi connectivity index (χ1) is 30.5. The molecule has 0 spiro atoms. The summed E-state index contributed by atoms with van der Waals surface area (Å²) >= 11 is 4.74. The van der Waals surface area contributed by atoms with E-state index >= 15 is 0 Å². The molecule has 0 aliphatic heterocycles. The number of aromatic nitrogens is 6. The van der Waals surface area contributed by atoms with E-state index in [1.54, 1.807) is 0 Å². The Balaban J connectivity index is 0.685. The van der Waals surface area contributed by atoms with Gasteiger partial charge < -0.3 is 9.47 Å². The zero-order chi connectivity index (χ0) is 41.3. The van der Waals surface area contributed by atoms with E-state index in [0.717, 1.165) is 41.1 Å². The molecule has 0 saturated heterocycles. The van der Waals surface area contributed by atoms with Crippen LogP contribution in [0, 0.1) is 7.40 Å². The molecule has 0 bridgehead atoms. The van der Waals surface area contributed by atoms with E-state index in [2.05, 4.69) is 199 Å². The van der Waals surface area contributed by atoms with E-state index < -0.39 is 0 Å². The fraction of sp³-hybridized carbons (Fsp3) is 0.115. The minimum absolute atomic E-state index is 0.491. The third-order valence-electron chi connectivity index (χ3n) is 12.4. The molecule has 12 rings (SSSR count). The highest BCUT2D eigenvalue weighted by atomic mass is 127. The van der Waals surface area contributed by atoms with Gasteiger partial charge in [0, 0.05) is 12.8 Å². The second-order valence-electron chi connectivity index (χ2n) is 16.0. The molecule has 0 saturated carbocycles. The van der Waals surface area contributed by atoms with Crippen LogP contribution in [0.2, 0.25) is 0 Å². The number of hydrogen-bond donors (Lipinski definition) is 0. The topological polar surface area (TPSA) is 79.9 Å². The predicted molar refractivity (Wildman–Crippen MR) is 266 cm³/mol. The highest BCUT2D eigenvalue weighted by molar-refractivity contribution is 14.1. The number of fused-ring (bicyclic) bond motifs is 1. The second-order valence-corrected chi connectivity index (χ2v) is 18.0. The van der Waals surface area contributed by atoms with E-state index in [-0.39, 0.29) is 0 Å². The lowest BCUT2D eigenvalue weighted by atomic mass is 9.92. The van der Waals surface area contributed by atoms with Crippen LogP contribution in [0.1, 0.15) is 22.5 Å². The quantitative estimate of drug-likeness (QED) is 0.0896. The zero-order valence-electron chi connectivity index (χ0n) is 33.4. The monoisotopic (exact) mass is 1030 g/mol. The van der Waals surface area contributed by atoms with Gasteiger partial charge in [-0.25, -0.2) is 9.36 Å². The molecule has 300 valence electrons. The van der Waals surface area contributed by atoms with Crippen molar-refractivity contribution in [1.82, 2.24) is 30.0 Å². The number of halogens is 2. The van der Waals surface area contributed by atoms with E-state index in [1.165, 1.54) is 75.8 Å². The first-order valence-corrected chi connectivity index (χ1v) is 22.9. The van der Waals surface area contributed by atoms with E-state index in [0.29, 0.717) is 39.1 Å². The first-order valence-electron chi connectivity index (χ1n) is 20.8. The van der Waals surface area contributed by atoms with Crippen molar-refractivity contribution in [2.24, 2.45) is 0 Å². The first kappa shape index (κ1) is 37.6. The number of benzene rings is 10. The van der Waals surface area contributed by atoms with Gasteiger partial charge in [0.15, 0.2) is 0 Å². The minimum Gasteiger partial charge on any atom is -0.493 e. The van der Waals surface area contributed by atoms with E-state index in [1.807, 2.05) is 21.5 Å². The summed E-state index contributed by atoms with van der Waals surface area (Å²) in [7, 11) is 0. The van der Waals surface area contributed by atoms with Crippen molar-refractivity contribution in [3.8, 4) is 11.5 Å². The molecule has 10 heteroatoms. The molecule has 62 heavy (non-hydrogen) atoms. The maximum absolute atomic E-state index is 6.27. The lowest BCUT2D eigenvalue weighted by molar-refractivity contribution is 0.319. The van der Waals surface area contributed by atoms with Crippen molar-refractivity contribution < 1.29 is 9.47 Å². The lowest BCUT2D eigenvalue weighted by Gasteiger charge is -2.14. The Morgan fingerprint density at radius 3 is 1.24 bits per heavy atom. The second kappa shape index (κ2) is 15.3. The Bertz CT molecular complexity index is 3390. The zero-order valence-corrected chi connectivity index (χ0v) is 37.7. The molecule has 0 amide bonds. The summed E-state index contributed by atoms with van der Waals surface area (Å²) in [6.45, 7) is 2.28. The number of hydrogen-bond acceptors (Lipinski definition) is 6. The van der Waals surface area contributed by atoms with Crippen LogP contribution in [0.5, 0.6) is 11.5 Å². The molecule has 0 N–H and O–H groups in total. The van der Waals surface area contributed by atoms with E-state index in [9.17, 15) is 0 Å². The van der Waals surface area contributed by atoms with Crippen LogP contribution < -0.4 is 9.47 Å². The third-order valence-corrected chi connectivity index (χ3v) is 14.7. The van der Waals surface area contributed by atoms with Crippen molar-refractivity contribution in [3.63, 3.8) is 0 Å². The molecule has 0 radical (unpaired) electrons. The highest BCUT2D eigenvalue weighted by Crippen LogP contribution is 2.38. The average molecular weight is 1030 g/mol. The standard InChI is InChI=1S/C52H36I2N6O2/c53-51-45(55-57-59(51)29-38-13-11-36-9-7-32-3-1-5-34-17-21-43(38)49(36)47(32)34)23-25-61-41-19-15-31-16-20-42(28-40(31)27-41)62-26-24-46-52(54)60(58-56-46)30-39-14-12-37-10-8-33-4-2-6-35-18-22-44(39)50(37)48(33)35/h1-22,27-28H,23-26,29-30H2. The van der Waals surface area contributed by atoms with Gasteiger partial charge in [0.05, 0.1) is 37.7 Å². The van der Waals surface area contributed by atoms with Crippen LogP contribution >= 0.6 is 45.2 Å². The molecule has 0 atom stereocenters. The molecule has 2 heterocycles. The molecule has 8 nitrogen and oxygen atoms in total. The fourth-order valence-corrected chi connectivity index (χ4v) is 10.6. The summed E-state index contributed by atoms with van der Waals surface area (Å²) in [6, 6.07) is 52.2. The minimum atomic E-state index is 0.491. The normalized spacial score (nSPS) is 12.1. The summed E-state index contributed by atoms with van der Waals surface area (Å²) in [5, 5.41) is 35.9. The van der Waals surface area contributed by atoms with Crippen LogP contribution in [0.3, 0.4) is 0 Å². The Morgan fingerprint density at radius 2 is 0.790 bits per heavy atom. The smallest absolute Gasteiger partial charge is 0.123 e. The fourth-order valence-electron chi connectivity index (χ4n) is 9.29. The van der Waals surface area contributed by atoms with E-state index in [4.69, 9.17) is 9.47 Å². The maximum Gasteiger partial charge on any atom is 0.123 e. The van der Waals surface area contributed by atoms with Gasteiger partial charge >= 0.3 is 0 Å². The van der Waals surface area contributed by atoms with Crippen LogP contribution in [0.25, 0.3) is 75.4 Å². The van der Waals surface area contributed by atoms with Gasteiger partial charge in [-0.2, -0.15) is 0 Å². The number of ether oxygens (including phenoxy) is 2. The summed E-state index contributed by atoms with van der Waals surface area (Å²) in [6.07, 6.45) is 1.31. The van der Waals surface area contributed by atoms with Crippen molar-refractivity contribution in [3.05, 3.63) is 176 Å². The Kier molecular flexibility index (Phi) is 9.32. The van der Waals surface area contributed by atoms with Crippen molar-refractivity contribution >= 4 is 121 Å². The SMILES string of the molecule is Ic1c(CCOc2ccc3ccc(OCCc4nnn(Cc5ccc6ccc7cccc8ccc5c6c78)c4I)cc3c2)nnn1Cc1ccc2ccc3cccc4ccc1c2c34. The van der Waals surface area contributed by atoms with Crippen molar-refractivity contribution in [1.29, 1.82) is 0 Å². The molecule has 0 aliphatic carbocycles. The number of rotatable bonds is 12. The van der Waals surface area contributed by atoms with Gasteiger partial charge in [0.25, 0.3) is 0 Å². The molecular weight excluding hydrogens is 994 g/mol. The summed E-state index contributed by atoms with van der Waals surface area (Å²) in [4.78, 5) is 0. The van der Waals surface area contributed by atoms with Crippen LogP contribution in [-0.4, -0.2) is 43.2 Å². The van der Waals surface area contributed by atoms with Gasteiger partial charge in [-0.15, -0.1) is 10.2 Å². The van der Waals surface area contributed by atoms with Crippen LogP contribution in [0.15, 0.2) is 146 Å². The van der Waals surface area contributed by atoms with Crippen LogP contribution in [0.4, 0.5) is 0 Å². The van der Waals surface area contributed by atoms with Gasteiger partial charge in [0.2, 0.25) is 0 Å². The molecule has 0 aliphatic rings. The van der Waals surface area contributed by atoms with Crippen molar-refractivity contribution in [2.45, 2.75) is 25.9 Å². The average Bonchev–Trinajstić information content (AvgIpc) is 3.84. The van der Waals surface area contributed by atoms with Gasteiger partial charge in [-0.3, -0.25) is 0 Å². The van der Waals surface area contributed by atoms with Crippen LogP contribution in [-0.2, 0) is 25.9 Å². The molecule has 12 aromatic rings. The molecular formula is C52H36I2N6O2. The third kappa shape index (κ3) is 6.53. The van der Waals surface area contributed by atoms with Gasteiger partial charge in [-0.1, -0.05) is 132 Å². The molecule has 2 aromatic heterocycles. The number of nitrogens with zero attached hydrogens (tertiary/aromatic N) is 6. The lowest BCUT2D eigenvalue weighted by Crippen LogP contribution is -2.07. The molecule has 0 fully saturated rings. The Hall–Kier alpha value is -6.12. The Morgan fingerprint density at radius 1 is 0.403 bits per heavy atom. The Labute approximate surface area is 383 Å². The van der Waals surface area contributed by atoms with Gasteiger partial charge in [0.1, 0.15) is 18.9 Å². The maximum atomic E-state index is 6.27. The van der Waals surface area contributed by atoms with Gasteiger partial charge in [-0.05, 0) is 156 Å². The summed E-state index contributed by atoms with van der Waals surface area (Å²) < 4.78 is 18.6. The highest BCUT2D eigenvalue weighted by Gasteiger charge is 2.17. The summed E-state index contributed by atoms with van der Waals surface area (Å²) in [5.41, 5.74) is 4.33.